The van der Waals surface area contributed by atoms with E-state index in [9.17, 15) is 9.59 Å². The molecule has 5 rings (SSSR count). The third-order valence-electron chi connectivity index (χ3n) is 8.01. The van der Waals surface area contributed by atoms with Gasteiger partial charge in [-0.2, -0.15) is 0 Å². The lowest BCUT2D eigenvalue weighted by Gasteiger charge is -2.38. The van der Waals surface area contributed by atoms with Gasteiger partial charge >= 0.3 is 5.97 Å². The van der Waals surface area contributed by atoms with Gasteiger partial charge in [-0.1, -0.05) is 12.1 Å². The van der Waals surface area contributed by atoms with Crippen LogP contribution in [0.25, 0.3) is 10.9 Å². The second-order valence-corrected chi connectivity index (χ2v) is 10.2. The topological polar surface area (TPSA) is 79.2 Å². The van der Waals surface area contributed by atoms with E-state index >= 15 is 0 Å². The number of Topliss-reactive ketones (excluding diaryl/α,β-unsaturated/α-hetero) is 1. The van der Waals surface area contributed by atoms with Gasteiger partial charge in [0.1, 0.15) is 11.9 Å². The third kappa shape index (κ3) is 4.97. The van der Waals surface area contributed by atoms with Gasteiger partial charge in [-0.25, -0.2) is 4.79 Å². The van der Waals surface area contributed by atoms with E-state index in [1.54, 1.807) is 46.5 Å². The van der Waals surface area contributed by atoms with E-state index in [0.717, 1.165) is 67.4 Å². The van der Waals surface area contributed by atoms with Crippen LogP contribution in [0.2, 0.25) is 0 Å². The Labute approximate surface area is 223 Å². The van der Waals surface area contributed by atoms with Crippen LogP contribution in [0, 0.1) is 0 Å². The Bertz CT molecular complexity index is 1320. The lowest BCUT2D eigenvalue weighted by Crippen LogP contribution is -2.46. The molecule has 0 saturated carbocycles. The van der Waals surface area contributed by atoms with Crippen LogP contribution in [0.4, 0.5) is 0 Å². The summed E-state index contributed by atoms with van der Waals surface area (Å²) in [4.78, 5) is 27.7. The Kier molecular flexibility index (Phi) is 7.61. The zero-order valence-corrected chi connectivity index (χ0v) is 22.6. The van der Waals surface area contributed by atoms with Gasteiger partial charge in [-0.05, 0) is 50.5 Å². The molecule has 1 aromatic heterocycles. The zero-order valence-electron chi connectivity index (χ0n) is 22.6. The second kappa shape index (κ2) is 11.1. The maximum Gasteiger partial charge on any atom is 0.338 e. The molecule has 2 aliphatic heterocycles. The number of ether oxygens (including phenoxy) is 4. The van der Waals surface area contributed by atoms with Crippen molar-refractivity contribution in [2.75, 3.05) is 27.9 Å². The minimum absolute atomic E-state index is 0.0600. The highest BCUT2D eigenvalue weighted by molar-refractivity contribution is 6.08. The van der Waals surface area contributed by atoms with Crippen molar-refractivity contribution in [3.8, 4) is 17.2 Å². The van der Waals surface area contributed by atoms with Crippen molar-refractivity contribution in [3.05, 3.63) is 53.7 Å². The highest BCUT2D eigenvalue weighted by Crippen LogP contribution is 2.38. The van der Waals surface area contributed by atoms with E-state index < -0.39 is 0 Å². The summed E-state index contributed by atoms with van der Waals surface area (Å²) in [5.41, 5.74) is 2.18. The molecular weight excluding hydrogens is 484 g/mol. The van der Waals surface area contributed by atoms with Crippen molar-refractivity contribution in [1.82, 2.24) is 9.47 Å². The highest BCUT2D eigenvalue weighted by Gasteiger charge is 2.41. The molecule has 3 aromatic rings. The fraction of sp³-hybridized carbons (Fsp3) is 0.467. The molecule has 3 atom stereocenters. The molecule has 2 aromatic carbocycles. The summed E-state index contributed by atoms with van der Waals surface area (Å²) in [6.07, 6.45) is 6.80. The van der Waals surface area contributed by atoms with Gasteiger partial charge in [0, 0.05) is 55.2 Å². The van der Waals surface area contributed by atoms with Crippen LogP contribution in [-0.2, 0) is 11.3 Å². The molecule has 8 heteroatoms. The molecule has 0 N–H and O–H groups in total. The Morgan fingerprint density at radius 1 is 0.895 bits per heavy atom. The number of ketones is 1. The van der Waals surface area contributed by atoms with Crippen molar-refractivity contribution < 1.29 is 28.5 Å². The van der Waals surface area contributed by atoms with Crippen LogP contribution in [0.3, 0.4) is 0 Å². The van der Waals surface area contributed by atoms with Gasteiger partial charge in [0.15, 0.2) is 17.3 Å². The van der Waals surface area contributed by atoms with Gasteiger partial charge < -0.3 is 23.5 Å². The largest absolute Gasteiger partial charge is 0.495 e. The summed E-state index contributed by atoms with van der Waals surface area (Å²) in [6.45, 7) is 3.38. The van der Waals surface area contributed by atoms with Crippen LogP contribution < -0.4 is 14.2 Å². The molecule has 8 nitrogen and oxygen atoms in total. The number of rotatable bonds is 10. The number of aromatic nitrogens is 1. The van der Waals surface area contributed by atoms with Crippen LogP contribution in [-0.4, -0.2) is 67.3 Å². The minimum atomic E-state index is -0.321. The SMILES string of the molecule is COc1ccc(C(=O)O[C@H]2C[C@H]3CC[C@@H](C2)N3CCCn2cc(C(C)=O)c3cccc(OC)c32)cc1OC. The Balaban J connectivity index is 1.20. The lowest BCUT2D eigenvalue weighted by atomic mass is 9.99. The molecule has 0 amide bonds. The maximum atomic E-state index is 12.9. The predicted octanol–water partition coefficient (Wildman–Crippen LogP) is 5.11. The molecule has 38 heavy (non-hydrogen) atoms. The van der Waals surface area contributed by atoms with Crippen LogP contribution in [0.15, 0.2) is 42.6 Å². The third-order valence-corrected chi connectivity index (χ3v) is 8.01. The minimum Gasteiger partial charge on any atom is -0.495 e. The van der Waals surface area contributed by atoms with Crippen LogP contribution >= 0.6 is 0 Å². The number of carbonyl (C=O) groups is 2. The predicted molar refractivity (Wildman–Crippen MR) is 145 cm³/mol. The molecule has 0 radical (unpaired) electrons. The van der Waals surface area contributed by atoms with E-state index in [4.69, 9.17) is 18.9 Å². The monoisotopic (exact) mass is 520 g/mol. The summed E-state index contributed by atoms with van der Waals surface area (Å²) in [5, 5.41) is 0.939. The molecule has 2 bridgehead atoms. The number of hydrogen-bond donors (Lipinski definition) is 0. The first kappa shape index (κ1) is 26.1. The highest BCUT2D eigenvalue weighted by atomic mass is 16.5. The van der Waals surface area contributed by atoms with Gasteiger partial charge in [-0.15, -0.1) is 0 Å². The summed E-state index contributed by atoms with van der Waals surface area (Å²) in [5.74, 6) is 1.62. The average Bonchev–Trinajstić information content (AvgIpc) is 3.41. The van der Waals surface area contributed by atoms with E-state index in [-0.39, 0.29) is 17.9 Å². The van der Waals surface area contributed by atoms with Gasteiger partial charge in [0.25, 0.3) is 0 Å². The van der Waals surface area contributed by atoms with Crippen molar-refractivity contribution in [3.63, 3.8) is 0 Å². The van der Waals surface area contributed by atoms with Gasteiger partial charge in [0.2, 0.25) is 0 Å². The number of aryl methyl sites for hydroxylation is 1. The van der Waals surface area contributed by atoms with Crippen molar-refractivity contribution >= 4 is 22.7 Å². The standard InChI is InChI=1S/C30H36N2O6/c1-19(33)25-18-31(29-24(25)7-5-8-27(29)36-3)13-6-14-32-21-10-11-22(32)17-23(16-21)38-30(34)20-9-12-26(35-2)28(15-20)37-4/h5,7-9,12,15,18,21-23H,6,10-11,13-14,16-17H2,1-4H3/t21-,22+,23+. The fourth-order valence-corrected chi connectivity index (χ4v) is 6.24. The maximum absolute atomic E-state index is 12.9. The number of nitrogens with zero attached hydrogens (tertiary/aromatic N) is 2. The molecule has 0 spiro atoms. The van der Waals surface area contributed by atoms with E-state index in [1.807, 2.05) is 24.4 Å². The first-order chi connectivity index (χ1) is 18.4. The normalized spacial score (nSPS) is 20.9. The molecule has 0 unspecified atom stereocenters. The van der Waals surface area contributed by atoms with E-state index in [2.05, 4.69) is 9.47 Å². The molecular formula is C30H36N2O6. The molecule has 2 aliphatic rings. The van der Waals surface area contributed by atoms with E-state index in [0.29, 0.717) is 29.1 Å². The van der Waals surface area contributed by atoms with Crippen LogP contribution in [0.5, 0.6) is 17.2 Å². The average molecular weight is 521 g/mol. The first-order valence-corrected chi connectivity index (χ1v) is 13.3. The molecule has 3 heterocycles. The summed E-state index contributed by atoms with van der Waals surface area (Å²) < 4.78 is 24.3. The first-order valence-electron chi connectivity index (χ1n) is 13.3. The Hall–Kier alpha value is -3.52. The molecule has 2 fully saturated rings. The number of carbonyl (C=O) groups excluding carboxylic acids is 2. The number of esters is 1. The summed E-state index contributed by atoms with van der Waals surface area (Å²) in [7, 11) is 4.79. The van der Waals surface area contributed by atoms with E-state index in [1.165, 1.54) is 0 Å². The molecule has 0 aliphatic carbocycles. The number of fused-ring (bicyclic) bond motifs is 3. The second-order valence-electron chi connectivity index (χ2n) is 10.2. The summed E-state index contributed by atoms with van der Waals surface area (Å²) in [6, 6.07) is 11.8. The van der Waals surface area contributed by atoms with Gasteiger partial charge in [-0.3, -0.25) is 9.69 Å². The van der Waals surface area contributed by atoms with Crippen LogP contribution in [0.1, 0.15) is 59.7 Å². The number of benzene rings is 2. The fourth-order valence-electron chi connectivity index (χ4n) is 6.24. The Morgan fingerprint density at radius 2 is 1.61 bits per heavy atom. The molecule has 202 valence electrons. The Morgan fingerprint density at radius 3 is 2.26 bits per heavy atom. The number of piperidine rings is 1. The van der Waals surface area contributed by atoms with Gasteiger partial charge in [0.05, 0.1) is 32.4 Å². The lowest BCUT2D eigenvalue weighted by molar-refractivity contribution is -0.00643. The number of hydrogen-bond acceptors (Lipinski definition) is 7. The van der Waals surface area contributed by atoms with Crippen molar-refractivity contribution in [1.29, 1.82) is 0 Å². The zero-order chi connectivity index (χ0) is 26.8. The number of methoxy groups -OCH3 is 3. The summed E-state index contributed by atoms with van der Waals surface area (Å²) >= 11 is 0. The smallest absolute Gasteiger partial charge is 0.338 e. The number of para-hydroxylation sites is 1. The molecule has 2 saturated heterocycles. The quantitative estimate of drug-likeness (QED) is 0.271. The van der Waals surface area contributed by atoms with Crippen molar-refractivity contribution in [2.45, 2.75) is 63.8 Å². The van der Waals surface area contributed by atoms with Crippen molar-refractivity contribution in [2.24, 2.45) is 0 Å².